The second kappa shape index (κ2) is 6.21. The minimum Gasteiger partial charge on any atom is -0.356 e. The highest BCUT2D eigenvalue weighted by Crippen LogP contribution is 2.36. The summed E-state index contributed by atoms with van der Waals surface area (Å²) in [5.41, 5.74) is 0.796. The largest absolute Gasteiger partial charge is 0.356 e. The molecule has 9 heteroatoms. The summed E-state index contributed by atoms with van der Waals surface area (Å²) in [5.74, 6) is 1.10. The first kappa shape index (κ1) is 16.7. The maximum atomic E-state index is 13.3. The highest BCUT2D eigenvalue weighted by molar-refractivity contribution is 7.89. The third kappa shape index (κ3) is 3.10. The molecule has 25 heavy (non-hydrogen) atoms. The van der Waals surface area contributed by atoms with Crippen LogP contribution in [0.3, 0.4) is 0 Å². The summed E-state index contributed by atoms with van der Waals surface area (Å²) in [5, 5.41) is 0.965. The molecule has 4 rings (SSSR count). The predicted octanol–water partition coefficient (Wildman–Crippen LogP) is 1.55. The zero-order valence-electron chi connectivity index (χ0n) is 14.1. The first-order valence-corrected chi connectivity index (χ1v) is 10.2. The molecule has 0 amide bonds. The Kier molecular flexibility index (Phi) is 4.15. The molecule has 2 aliphatic rings. The number of H-pyrrole nitrogens is 1. The van der Waals surface area contributed by atoms with Crippen molar-refractivity contribution in [1.29, 1.82) is 0 Å². The van der Waals surface area contributed by atoms with Crippen molar-refractivity contribution in [2.45, 2.75) is 31.5 Å². The van der Waals surface area contributed by atoms with E-state index >= 15 is 0 Å². The van der Waals surface area contributed by atoms with Gasteiger partial charge >= 0.3 is 0 Å². The molecule has 1 aliphatic heterocycles. The Morgan fingerprint density at radius 1 is 1.40 bits per heavy atom. The van der Waals surface area contributed by atoms with Crippen molar-refractivity contribution in [2.24, 2.45) is 5.92 Å². The standard InChI is InChI=1S/C16H22FN5O2S/c1-21(16-14-2-4-18-15(14)19-10-20-16)13-6-11(7-13)9-25(23,24)22-5-3-12(17)8-22/h2,4,10-13H,3,5-9H2,1H3,(H,18,19,20)/t11-,12-,13+/m1/s1. The number of rotatable bonds is 5. The van der Waals surface area contributed by atoms with Gasteiger partial charge in [0, 0.05) is 32.4 Å². The lowest BCUT2D eigenvalue weighted by Gasteiger charge is -2.42. The van der Waals surface area contributed by atoms with Crippen molar-refractivity contribution in [3.05, 3.63) is 18.6 Å². The summed E-state index contributed by atoms with van der Waals surface area (Å²) in [6.07, 6.45) is 4.27. The number of hydrogen-bond donors (Lipinski definition) is 1. The molecule has 1 aliphatic carbocycles. The second-order valence-electron chi connectivity index (χ2n) is 7.06. The summed E-state index contributed by atoms with van der Waals surface area (Å²) in [4.78, 5) is 13.7. The number of aromatic amines is 1. The van der Waals surface area contributed by atoms with Crippen molar-refractivity contribution >= 4 is 26.9 Å². The highest BCUT2D eigenvalue weighted by Gasteiger charge is 2.39. The van der Waals surface area contributed by atoms with Crippen LogP contribution in [-0.4, -0.2) is 65.8 Å². The minimum atomic E-state index is -3.35. The van der Waals surface area contributed by atoms with Crippen LogP contribution in [0.25, 0.3) is 11.0 Å². The van der Waals surface area contributed by atoms with Gasteiger partial charge in [0.05, 0.1) is 11.1 Å². The number of anilines is 1. The number of hydrogen-bond acceptors (Lipinski definition) is 5. The van der Waals surface area contributed by atoms with E-state index in [2.05, 4.69) is 19.9 Å². The summed E-state index contributed by atoms with van der Waals surface area (Å²) in [6.45, 7) is 0.330. The van der Waals surface area contributed by atoms with E-state index in [0.717, 1.165) is 29.7 Å². The number of nitrogens with one attached hydrogen (secondary N) is 1. The highest BCUT2D eigenvalue weighted by atomic mass is 32.2. The average Bonchev–Trinajstić information content (AvgIpc) is 3.18. The van der Waals surface area contributed by atoms with E-state index in [1.165, 1.54) is 10.6 Å². The van der Waals surface area contributed by atoms with Crippen LogP contribution in [0.1, 0.15) is 19.3 Å². The summed E-state index contributed by atoms with van der Waals surface area (Å²) in [7, 11) is -1.36. The van der Waals surface area contributed by atoms with Crippen molar-refractivity contribution in [2.75, 3.05) is 30.8 Å². The molecule has 2 fully saturated rings. The van der Waals surface area contributed by atoms with Gasteiger partial charge in [-0.15, -0.1) is 0 Å². The lowest BCUT2D eigenvalue weighted by Crippen LogP contribution is -2.46. The molecule has 0 unspecified atom stereocenters. The van der Waals surface area contributed by atoms with Gasteiger partial charge in [-0.2, -0.15) is 4.31 Å². The van der Waals surface area contributed by atoms with Gasteiger partial charge in [-0.1, -0.05) is 0 Å². The van der Waals surface area contributed by atoms with Gasteiger partial charge in [0.2, 0.25) is 10.0 Å². The Morgan fingerprint density at radius 2 is 2.20 bits per heavy atom. The summed E-state index contributed by atoms with van der Waals surface area (Å²) < 4.78 is 39.4. The van der Waals surface area contributed by atoms with Gasteiger partial charge in [-0.05, 0) is 31.2 Å². The maximum absolute atomic E-state index is 13.3. The quantitative estimate of drug-likeness (QED) is 0.867. The van der Waals surface area contributed by atoms with E-state index in [4.69, 9.17) is 0 Å². The third-order valence-electron chi connectivity index (χ3n) is 5.36. The van der Waals surface area contributed by atoms with Crippen LogP contribution in [0, 0.1) is 5.92 Å². The van der Waals surface area contributed by atoms with Crippen LogP contribution < -0.4 is 4.90 Å². The fraction of sp³-hybridized carbons (Fsp3) is 0.625. The van der Waals surface area contributed by atoms with E-state index < -0.39 is 16.2 Å². The third-order valence-corrected chi connectivity index (χ3v) is 7.37. The molecule has 0 aromatic carbocycles. The zero-order chi connectivity index (χ0) is 17.6. The fourth-order valence-corrected chi connectivity index (χ4v) is 5.66. The number of fused-ring (bicyclic) bond motifs is 1. The fourth-order valence-electron chi connectivity index (χ4n) is 3.81. The van der Waals surface area contributed by atoms with Crippen molar-refractivity contribution in [1.82, 2.24) is 19.3 Å². The molecule has 1 saturated carbocycles. The maximum Gasteiger partial charge on any atom is 0.214 e. The molecule has 0 spiro atoms. The Bertz CT molecular complexity index is 864. The number of aromatic nitrogens is 3. The van der Waals surface area contributed by atoms with E-state index in [-0.39, 0.29) is 24.3 Å². The predicted molar refractivity (Wildman–Crippen MR) is 93.7 cm³/mol. The molecule has 7 nitrogen and oxygen atoms in total. The molecule has 2 aromatic rings. The topological polar surface area (TPSA) is 82.2 Å². The molecular weight excluding hydrogens is 345 g/mol. The second-order valence-corrected chi connectivity index (χ2v) is 9.08. The van der Waals surface area contributed by atoms with Crippen LogP contribution in [0.2, 0.25) is 0 Å². The first-order valence-electron chi connectivity index (χ1n) is 8.57. The monoisotopic (exact) mass is 367 g/mol. The minimum absolute atomic E-state index is 0.0186. The molecule has 3 heterocycles. The van der Waals surface area contributed by atoms with Gasteiger partial charge in [-0.25, -0.2) is 22.8 Å². The van der Waals surface area contributed by atoms with E-state index in [0.29, 0.717) is 13.0 Å². The van der Waals surface area contributed by atoms with Crippen LogP contribution in [-0.2, 0) is 10.0 Å². The van der Waals surface area contributed by atoms with E-state index in [9.17, 15) is 12.8 Å². The number of alkyl halides is 1. The molecule has 1 atom stereocenters. The smallest absolute Gasteiger partial charge is 0.214 e. The molecule has 2 aromatic heterocycles. The van der Waals surface area contributed by atoms with E-state index in [1.807, 2.05) is 19.3 Å². The van der Waals surface area contributed by atoms with E-state index in [1.54, 1.807) is 0 Å². The molecule has 1 N–H and O–H groups in total. The Balaban J connectivity index is 1.38. The van der Waals surface area contributed by atoms with Gasteiger partial charge in [0.25, 0.3) is 0 Å². The number of nitrogens with zero attached hydrogens (tertiary/aromatic N) is 4. The van der Waals surface area contributed by atoms with Crippen molar-refractivity contribution < 1.29 is 12.8 Å². The van der Waals surface area contributed by atoms with Crippen LogP contribution in [0.4, 0.5) is 10.2 Å². The van der Waals surface area contributed by atoms with Crippen molar-refractivity contribution in [3.63, 3.8) is 0 Å². The Labute approximate surface area is 146 Å². The normalized spacial score (nSPS) is 27.5. The molecule has 0 radical (unpaired) electrons. The van der Waals surface area contributed by atoms with Crippen molar-refractivity contribution in [3.8, 4) is 0 Å². The van der Waals surface area contributed by atoms with Crippen LogP contribution in [0.5, 0.6) is 0 Å². The number of halogens is 1. The van der Waals surface area contributed by atoms with Crippen LogP contribution >= 0.6 is 0 Å². The Morgan fingerprint density at radius 3 is 2.92 bits per heavy atom. The zero-order valence-corrected chi connectivity index (χ0v) is 14.9. The van der Waals surface area contributed by atoms with Gasteiger partial charge in [0.1, 0.15) is 24.0 Å². The van der Waals surface area contributed by atoms with Gasteiger partial charge < -0.3 is 9.88 Å². The first-order chi connectivity index (χ1) is 11.9. The molecule has 0 bridgehead atoms. The van der Waals surface area contributed by atoms with Gasteiger partial charge in [-0.3, -0.25) is 0 Å². The summed E-state index contributed by atoms with van der Waals surface area (Å²) in [6, 6.07) is 2.21. The number of sulfonamides is 1. The lowest BCUT2D eigenvalue weighted by atomic mass is 9.81. The Hall–Kier alpha value is -1.74. The van der Waals surface area contributed by atoms with Crippen LogP contribution in [0.15, 0.2) is 18.6 Å². The van der Waals surface area contributed by atoms with Gasteiger partial charge in [0.15, 0.2) is 0 Å². The average molecular weight is 367 g/mol. The SMILES string of the molecule is CN(c1ncnc2[nH]ccc12)[C@H]1C[C@@H](CS(=O)(=O)N2CC[C@@H](F)C2)C1. The molecule has 1 saturated heterocycles. The lowest BCUT2D eigenvalue weighted by molar-refractivity contribution is 0.277. The summed E-state index contributed by atoms with van der Waals surface area (Å²) >= 11 is 0. The molecule has 136 valence electrons. The molecular formula is C16H22FN5O2S.